The first-order chi connectivity index (χ1) is 16.5. The number of unbranched alkanes of at least 4 members (excludes halogenated alkanes) is 1. The van der Waals surface area contributed by atoms with Gasteiger partial charge in [0.05, 0.1) is 24.9 Å². The van der Waals surface area contributed by atoms with E-state index in [1.807, 2.05) is 0 Å². The maximum Gasteiger partial charge on any atom is 0.326 e. The first-order valence-electron chi connectivity index (χ1n) is 11.0. The molecule has 0 fully saturated rings. The normalized spacial score (nSPS) is 15.2. The van der Waals surface area contributed by atoms with Crippen molar-refractivity contribution in [3.8, 4) is 0 Å². The van der Waals surface area contributed by atoms with Crippen molar-refractivity contribution in [1.82, 2.24) is 25.9 Å². The van der Waals surface area contributed by atoms with Gasteiger partial charge in [0.1, 0.15) is 18.1 Å². The number of imidazole rings is 1. The number of nitrogens with zero attached hydrogens (tertiary/aromatic N) is 1. The van der Waals surface area contributed by atoms with Gasteiger partial charge in [-0.25, -0.2) is 9.78 Å². The number of nitrogens with two attached hydrogens (primary N) is 3. The number of carbonyl (C=O) groups is 5. The predicted octanol–water partition coefficient (Wildman–Crippen LogP) is -3.80. The minimum Gasteiger partial charge on any atom is -0.480 e. The molecule has 0 saturated heterocycles. The summed E-state index contributed by atoms with van der Waals surface area (Å²) in [4.78, 5) is 67.2. The molecule has 0 saturated carbocycles. The summed E-state index contributed by atoms with van der Waals surface area (Å²) in [5, 5.41) is 26.1. The Hall–Kier alpha value is -3.56. The number of aromatic amines is 1. The fourth-order valence-corrected chi connectivity index (χ4v) is 3.07. The van der Waals surface area contributed by atoms with E-state index in [0.717, 1.165) is 0 Å². The van der Waals surface area contributed by atoms with Gasteiger partial charge in [-0.3, -0.25) is 19.2 Å². The molecule has 0 aliphatic heterocycles. The molecule has 4 amide bonds. The molecule has 0 aliphatic rings. The molecule has 5 unspecified atom stereocenters. The van der Waals surface area contributed by atoms with Crippen LogP contribution in [0.1, 0.15) is 38.3 Å². The molecule has 1 aromatic rings. The lowest BCUT2D eigenvalue weighted by Crippen LogP contribution is -2.60. The number of hydrogen-bond donors (Lipinski definition) is 9. The number of aliphatic hydroxyl groups excluding tert-OH is 1. The first-order valence-corrected chi connectivity index (χ1v) is 11.0. The third-order valence-corrected chi connectivity index (χ3v) is 5.00. The highest BCUT2D eigenvalue weighted by Gasteiger charge is 2.33. The Morgan fingerprint density at radius 1 is 1.06 bits per heavy atom. The van der Waals surface area contributed by atoms with Crippen LogP contribution in [0.4, 0.5) is 0 Å². The van der Waals surface area contributed by atoms with E-state index < -0.39 is 66.3 Å². The van der Waals surface area contributed by atoms with Crippen molar-refractivity contribution in [2.45, 2.75) is 69.3 Å². The van der Waals surface area contributed by atoms with Crippen LogP contribution in [0.15, 0.2) is 12.5 Å². The number of aliphatic hydroxyl groups is 1. The summed E-state index contributed by atoms with van der Waals surface area (Å²) in [7, 11) is 0. The van der Waals surface area contributed by atoms with E-state index in [1.54, 1.807) is 0 Å². The zero-order chi connectivity index (χ0) is 26.5. The van der Waals surface area contributed by atoms with Crippen LogP contribution in [0.5, 0.6) is 0 Å². The third-order valence-electron chi connectivity index (χ3n) is 5.00. The van der Waals surface area contributed by atoms with Gasteiger partial charge in [0.2, 0.25) is 23.6 Å². The Balaban J connectivity index is 2.98. The average molecular weight is 499 g/mol. The Morgan fingerprint density at radius 2 is 1.71 bits per heavy atom. The van der Waals surface area contributed by atoms with E-state index in [4.69, 9.17) is 17.2 Å². The monoisotopic (exact) mass is 498 g/mol. The highest BCUT2D eigenvalue weighted by molar-refractivity contribution is 5.95. The Kier molecular flexibility index (Phi) is 12.3. The summed E-state index contributed by atoms with van der Waals surface area (Å²) >= 11 is 0. The molecule has 15 nitrogen and oxygen atoms in total. The van der Waals surface area contributed by atoms with Crippen LogP contribution in [-0.4, -0.2) is 86.6 Å². The second-order valence-corrected chi connectivity index (χ2v) is 8.03. The van der Waals surface area contributed by atoms with Gasteiger partial charge in [-0.05, 0) is 26.3 Å². The van der Waals surface area contributed by atoms with Gasteiger partial charge < -0.3 is 48.3 Å². The number of amides is 4. The number of primary amides is 1. The van der Waals surface area contributed by atoms with Crippen LogP contribution < -0.4 is 33.2 Å². The Bertz CT molecular complexity index is 862. The molecular formula is C20H34N8O7. The summed E-state index contributed by atoms with van der Waals surface area (Å²) in [5.74, 6) is -5.01. The van der Waals surface area contributed by atoms with Crippen LogP contribution in [0, 0.1) is 0 Å². The maximum atomic E-state index is 13.0. The van der Waals surface area contributed by atoms with Crippen LogP contribution >= 0.6 is 0 Å². The zero-order valence-corrected chi connectivity index (χ0v) is 19.4. The van der Waals surface area contributed by atoms with Crippen molar-refractivity contribution in [1.29, 1.82) is 0 Å². The molecule has 1 aromatic heterocycles. The number of aliphatic carboxylic acids is 1. The molecule has 0 radical (unpaired) electrons. The fourth-order valence-electron chi connectivity index (χ4n) is 3.07. The molecule has 0 bridgehead atoms. The van der Waals surface area contributed by atoms with Gasteiger partial charge in [0.25, 0.3) is 0 Å². The summed E-state index contributed by atoms with van der Waals surface area (Å²) in [5.41, 5.74) is 16.8. The number of aromatic nitrogens is 2. The van der Waals surface area contributed by atoms with Crippen molar-refractivity contribution in [3.63, 3.8) is 0 Å². The molecule has 12 N–H and O–H groups in total. The minimum atomic E-state index is -1.66. The topological polar surface area (TPSA) is 269 Å². The SMILES string of the molecule is CC(O)C(NC(=O)C(Cc1cnc[nH]1)NC(=O)C(N)CCCCN)C(=O)NC(CC(N)=O)C(=O)O. The van der Waals surface area contributed by atoms with Gasteiger partial charge in [0.15, 0.2) is 0 Å². The average Bonchev–Trinajstić information content (AvgIpc) is 3.28. The number of carboxylic acids is 1. The van der Waals surface area contributed by atoms with Gasteiger partial charge in [-0.15, -0.1) is 0 Å². The van der Waals surface area contributed by atoms with E-state index in [1.165, 1.54) is 19.4 Å². The van der Waals surface area contributed by atoms with Gasteiger partial charge in [-0.1, -0.05) is 6.42 Å². The molecule has 0 aromatic carbocycles. The second kappa shape index (κ2) is 14.6. The smallest absolute Gasteiger partial charge is 0.326 e. The van der Waals surface area contributed by atoms with E-state index in [9.17, 15) is 34.2 Å². The lowest BCUT2D eigenvalue weighted by atomic mass is 10.1. The molecular weight excluding hydrogens is 464 g/mol. The van der Waals surface area contributed by atoms with E-state index >= 15 is 0 Å². The number of hydrogen-bond acceptors (Lipinski definition) is 9. The molecule has 196 valence electrons. The third kappa shape index (κ3) is 10.5. The number of nitrogens with one attached hydrogen (secondary N) is 4. The molecule has 15 heteroatoms. The summed E-state index contributed by atoms with van der Waals surface area (Å²) in [6.45, 7) is 1.65. The van der Waals surface area contributed by atoms with Crippen LogP contribution in [0.2, 0.25) is 0 Å². The molecule has 35 heavy (non-hydrogen) atoms. The van der Waals surface area contributed by atoms with Gasteiger partial charge in [-0.2, -0.15) is 0 Å². The van der Waals surface area contributed by atoms with Crippen LogP contribution in [-0.2, 0) is 30.4 Å². The predicted molar refractivity (Wildman–Crippen MR) is 122 cm³/mol. The largest absolute Gasteiger partial charge is 0.480 e. The van der Waals surface area contributed by atoms with Gasteiger partial charge in [0, 0.05) is 18.3 Å². The van der Waals surface area contributed by atoms with Crippen LogP contribution in [0.3, 0.4) is 0 Å². The van der Waals surface area contributed by atoms with Crippen molar-refractivity contribution in [2.75, 3.05) is 6.54 Å². The van der Waals surface area contributed by atoms with Crippen molar-refractivity contribution >= 4 is 29.6 Å². The zero-order valence-electron chi connectivity index (χ0n) is 19.4. The number of carbonyl (C=O) groups excluding carboxylic acids is 4. The first kappa shape index (κ1) is 29.5. The molecule has 1 rings (SSSR count). The minimum absolute atomic E-state index is 0.0410. The fraction of sp³-hybridized carbons (Fsp3) is 0.600. The van der Waals surface area contributed by atoms with Crippen molar-refractivity contribution < 1.29 is 34.2 Å². The van der Waals surface area contributed by atoms with Crippen molar-refractivity contribution in [3.05, 3.63) is 18.2 Å². The Labute approximate surface area is 201 Å². The maximum absolute atomic E-state index is 13.0. The number of carboxylic acid groups (broad SMARTS) is 1. The highest BCUT2D eigenvalue weighted by atomic mass is 16.4. The van der Waals surface area contributed by atoms with Gasteiger partial charge >= 0.3 is 5.97 Å². The summed E-state index contributed by atoms with van der Waals surface area (Å²) in [6, 6.07) is -5.38. The van der Waals surface area contributed by atoms with E-state index in [-0.39, 0.29) is 6.42 Å². The molecule has 0 aliphatic carbocycles. The molecule has 0 spiro atoms. The molecule has 5 atom stereocenters. The summed E-state index contributed by atoms with van der Waals surface area (Å²) in [6.07, 6.45) is 2.26. The Morgan fingerprint density at radius 3 is 2.23 bits per heavy atom. The van der Waals surface area contributed by atoms with Crippen LogP contribution in [0.25, 0.3) is 0 Å². The lowest BCUT2D eigenvalue weighted by Gasteiger charge is -2.26. The van der Waals surface area contributed by atoms with E-state index in [0.29, 0.717) is 31.5 Å². The summed E-state index contributed by atoms with van der Waals surface area (Å²) < 4.78 is 0. The number of H-pyrrole nitrogens is 1. The van der Waals surface area contributed by atoms with E-state index in [2.05, 4.69) is 25.9 Å². The second-order valence-electron chi connectivity index (χ2n) is 8.03. The lowest BCUT2D eigenvalue weighted by molar-refractivity contribution is -0.144. The standard InChI is InChI=1S/C20H34N8O7/c1-10(29)16(19(33)27-14(20(34)35)7-15(23)30)28-18(32)13(6-11-8-24-9-25-11)26-17(31)12(22)4-2-3-5-21/h8-10,12-14,16,29H,2-7,21-22H2,1H3,(H2,23,30)(H,24,25)(H,26,31)(H,27,33)(H,28,32)(H,34,35). The van der Waals surface area contributed by atoms with Crippen molar-refractivity contribution in [2.24, 2.45) is 17.2 Å². The highest BCUT2D eigenvalue weighted by Crippen LogP contribution is 2.05. The number of rotatable bonds is 16. The quantitative estimate of drug-likeness (QED) is 0.100. The molecule has 1 heterocycles.